The Kier molecular flexibility index (Phi) is 4.24. The molecule has 0 radical (unpaired) electrons. The Morgan fingerprint density at radius 2 is 1.68 bits per heavy atom. The third kappa shape index (κ3) is 2.53. The summed E-state index contributed by atoms with van der Waals surface area (Å²) in [5.41, 5.74) is 0.755. The van der Waals surface area contributed by atoms with E-state index in [2.05, 4.69) is 21.8 Å². The maximum atomic E-state index is 11.5. The number of hydrogen-bond donors (Lipinski definition) is 2. The van der Waals surface area contributed by atoms with Crippen molar-refractivity contribution in [1.82, 2.24) is 4.67 Å². The maximum Gasteiger partial charge on any atom is 0.428 e. The molecule has 0 aromatic heterocycles. The van der Waals surface area contributed by atoms with Crippen LogP contribution in [0.4, 0.5) is 0 Å². The fourth-order valence-corrected chi connectivity index (χ4v) is 5.67. The zero-order valence-corrected chi connectivity index (χ0v) is 16.8. The number of nitrogens with zero attached hydrogens (tertiary/aromatic N) is 2. The first-order chi connectivity index (χ1) is 13.6. The summed E-state index contributed by atoms with van der Waals surface area (Å²) in [6.45, 7) is 0.935. The van der Waals surface area contributed by atoms with Gasteiger partial charge >= 0.3 is 5.84 Å². The molecule has 2 aliphatic heterocycles. The van der Waals surface area contributed by atoms with Crippen LogP contribution in [0.2, 0.25) is 10.0 Å². The highest BCUT2D eigenvalue weighted by Gasteiger charge is 2.83. The van der Waals surface area contributed by atoms with E-state index < -0.39 is 5.60 Å². The maximum absolute atomic E-state index is 11.5. The monoisotopic (exact) mass is 413 g/mol. The summed E-state index contributed by atoms with van der Waals surface area (Å²) in [4.78, 5) is 5.61. The van der Waals surface area contributed by atoms with Gasteiger partial charge in [0.15, 0.2) is 6.21 Å². The summed E-state index contributed by atoms with van der Waals surface area (Å²) >= 11 is 13.3. The van der Waals surface area contributed by atoms with Crippen LogP contribution in [0.3, 0.4) is 0 Å². The SMILES string of the molecule is OC1(C2=[N+]=CC=N2)CC12CCC[NH+]2C(c1ccccc1Cl)c1ccccc1Cl. The minimum absolute atomic E-state index is 0.0612. The van der Waals surface area contributed by atoms with Crippen LogP contribution < -0.4 is 9.57 Å². The average Bonchev–Trinajstić information content (AvgIpc) is 3.09. The van der Waals surface area contributed by atoms with Gasteiger partial charge in [-0.1, -0.05) is 59.6 Å². The Morgan fingerprint density at radius 1 is 1.04 bits per heavy atom. The molecular weight excluding hydrogens is 393 g/mol. The first-order valence-corrected chi connectivity index (χ1v) is 10.3. The van der Waals surface area contributed by atoms with E-state index in [1.54, 1.807) is 12.4 Å². The number of quaternary nitrogens is 1. The Labute approximate surface area is 173 Å². The molecule has 4 nitrogen and oxygen atoms in total. The molecule has 2 aromatic carbocycles. The van der Waals surface area contributed by atoms with Gasteiger partial charge in [-0.05, 0) is 17.1 Å². The van der Waals surface area contributed by atoms with Gasteiger partial charge in [0, 0.05) is 24.0 Å². The third-order valence-electron chi connectivity index (χ3n) is 6.50. The van der Waals surface area contributed by atoms with Crippen LogP contribution in [0.5, 0.6) is 0 Å². The van der Waals surface area contributed by atoms with Crippen molar-refractivity contribution in [2.24, 2.45) is 4.99 Å². The molecule has 2 heterocycles. The zero-order valence-electron chi connectivity index (χ0n) is 15.3. The number of aliphatic hydroxyl groups is 1. The van der Waals surface area contributed by atoms with Crippen LogP contribution in [0.25, 0.3) is 0 Å². The van der Waals surface area contributed by atoms with E-state index in [1.807, 2.05) is 36.4 Å². The Hall–Kier alpha value is -1.94. The molecule has 1 aliphatic carbocycles. The molecule has 28 heavy (non-hydrogen) atoms. The summed E-state index contributed by atoms with van der Waals surface area (Å²) in [7, 11) is 0. The number of halogens is 2. The predicted molar refractivity (Wildman–Crippen MR) is 114 cm³/mol. The molecule has 6 heteroatoms. The van der Waals surface area contributed by atoms with Gasteiger partial charge in [-0.3, -0.25) is 0 Å². The Bertz CT molecular complexity index is 1000. The van der Waals surface area contributed by atoms with E-state index in [-0.39, 0.29) is 11.6 Å². The second-order valence-electron chi connectivity index (χ2n) is 7.85. The van der Waals surface area contributed by atoms with E-state index in [1.165, 1.54) is 4.90 Å². The van der Waals surface area contributed by atoms with Crippen molar-refractivity contribution >= 4 is 41.5 Å². The molecule has 0 amide bonds. The number of aliphatic imine (C=N–C) groups is 1. The zero-order chi connectivity index (χ0) is 19.4. The lowest BCUT2D eigenvalue weighted by Gasteiger charge is -2.33. The quantitative estimate of drug-likeness (QED) is 0.742. The first-order valence-electron chi connectivity index (χ1n) is 9.58. The van der Waals surface area contributed by atoms with Crippen molar-refractivity contribution in [3.63, 3.8) is 0 Å². The van der Waals surface area contributed by atoms with Crippen molar-refractivity contribution < 1.29 is 10.0 Å². The topological polar surface area (TPSA) is 51.1 Å². The van der Waals surface area contributed by atoms with Crippen LogP contribution in [-0.2, 0) is 0 Å². The molecule has 3 atom stereocenters. The van der Waals surface area contributed by atoms with Crippen LogP contribution in [0.1, 0.15) is 36.4 Å². The predicted octanol–water partition coefficient (Wildman–Crippen LogP) is 2.26. The van der Waals surface area contributed by atoms with Crippen molar-refractivity contribution in [3.05, 3.63) is 69.7 Å². The van der Waals surface area contributed by atoms with Gasteiger partial charge in [-0.25, -0.2) is 4.67 Å². The van der Waals surface area contributed by atoms with Gasteiger partial charge in [0.05, 0.1) is 23.0 Å². The van der Waals surface area contributed by atoms with Gasteiger partial charge in [-0.15, -0.1) is 0 Å². The van der Waals surface area contributed by atoms with Gasteiger partial charge in [0.1, 0.15) is 11.6 Å². The summed E-state index contributed by atoms with van der Waals surface area (Å²) in [6.07, 6.45) is 5.91. The standard InChI is InChI=1S/C22H20Cl2N3O/c23-17-8-3-1-6-15(17)19(16-7-2-4-9-18(16)24)27-13-5-10-21(27)14-22(21,28)20-25-11-12-26-20/h1-4,6-9,11-12,19,28H,5,10,13-14H2/q+1/p+1. The summed E-state index contributed by atoms with van der Waals surface area (Å²) in [6, 6.07) is 15.8. The van der Waals surface area contributed by atoms with E-state index >= 15 is 0 Å². The van der Waals surface area contributed by atoms with Crippen LogP contribution in [-0.4, -0.2) is 41.1 Å². The Balaban J connectivity index is 1.64. The molecule has 2 fully saturated rings. The minimum atomic E-state index is -0.997. The summed E-state index contributed by atoms with van der Waals surface area (Å²) in [5.74, 6) is 0.531. The summed E-state index contributed by atoms with van der Waals surface area (Å²) in [5, 5.41) is 12.9. The molecule has 2 aromatic rings. The number of nitrogens with one attached hydrogen (secondary N) is 1. The van der Waals surface area contributed by atoms with Crippen molar-refractivity contribution in [3.8, 4) is 0 Å². The molecule has 3 unspecified atom stereocenters. The molecule has 1 spiro atoms. The largest absolute Gasteiger partial charge is 0.428 e. The normalized spacial score (nSPS) is 30.4. The second-order valence-corrected chi connectivity index (χ2v) is 8.67. The van der Waals surface area contributed by atoms with Gasteiger partial charge < -0.3 is 10.0 Å². The third-order valence-corrected chi connectivity index (χ3v) is 7.19. The number of amidine groups is 1. The van der Waals surface area contributed by atoms with Gasteiger partial charge in [-0.2, -0.15) is 0 Å². The number of hydrogen-bond acceptors (Lipinski definition) is 2. The first kappa shape index (κ1) is 18.1. The number of benzene rings is 2. The fourth-order valence-electron chi connectivity index (χ4n) is 5.18. The molecule has 1 saturated heterocycles. The van der Waals surface area contributed by atoms with Crippen molar-refractivity contribution in [2.45, 2.75) is 36.4 Å². The molecule has 2 N–H and O–H groups in total. The van der Waals surface area contributed by atoms with Gasteiger partial charge in [0.2, 0.25) is 11.8 Å². The fraction of sp³-hybridized carbons (Fsp3) is 0.318. The van der Waals surface area contributed by atoms with Crippen molar-refractivity contribution in [2.75, 3.05) is 6.54 Å². The van der Waals surface area contributed by atoms with Gasteiger partial charge in [0.25, 0.3) is 0 Å². The highest BCUT2D eigenvalue weighted by molar-refractivity contribution is 6.32. The van der Waals surface area contributed by atoms with E-state index in [0.717, 1.165) is 40.6 Å². The highest BCUT2D eigenvalue weighted by atomic mass is 35.5. The molecule has 142 valence electrons. The van der Waals surface area contributed by atoms with E-state index in [0.29, 0.717) is 12.3 Å². The van der Waals surface area contributed by atoms with Crippen LogP contribution in [0.15, 0.2) is 53.5 Å². The van der Waals surface area contributed by atoms with E-state index in [9.17, 15) is 5.11 Å². The number of likely N-dealkylation sites (tertiary alicyclic amines) is 1. The van der Waals surface area contributed by atoms with Crippen LogP contribution >= 0.6 is 23.2 Å². The minimum Gasteiger partial charge on any atom is -0.371 e. The van der Waals surface area contributed by atoms with E-state index in [4.69, 9.17) is 23.2 Å². The highest BCUT2D eigenvalue weighted by Crippen LogP contribution is 2.52. The lowest BCUT2D eigenvalue weighted by molar-refractivity contribution is -0.951. The Morgan fingerprint density at radius 3 is 2.25 bits per heavy atom. The second kappa shape index (κ2) is 6.55. The number of rotatable bonds is 4. The molecule has 3 aliphatic rings. The molecule has 1 saturated carbocycles. The molecule has 0 bridgehead atoms. The molecule has 5 rings (SSSR count). The molecular formula is C22H21Cl2N3O+2. The smallest absolute Gasteiger partial charge is 0.371 e. The lowest BCUT2D eigenvalue weighted by atomic mass is 9.94. The summed E-state index contributed by atoms with van der Waals surface area (Å²) < 4.78 is 4.32. The average molecular weight is 414 g/mol. The van der Waals surface area contributed by atoms with Crippen LogP contribution in [0, 0.1) is 0 Å². The van der Waals surface area contributed by atoms with Crippen molar-refractivity contribution in [1.29, 1.82) is 0 Å². The lowest BCUT2D eigenvalue weighted by Crippen LogP contribution is -3.16.